The maximum Gasteiger partial charge on any atom is 0.418 e. The molecule has 0 bridgehead atoms. The molecule has 116 valence electrons. The van der Waals surface area contributed by atoms with Crippen molar-refractivity contribution in [1.82, 2.24) is 0 Å². The summed E-state index contributed by atoms with van der Waals surface area (Å²) in [6, 6.07) is 3.66. The van der Waals surface area contributed by atoms with E-state index >= 15 is 0 Å². The van der Waals surface area contributed by atoms with Crippen molar-refractivity contribution in [1.29, 1.82) is 0 Å². The van der Waals surface area contributed by atoms with Gasteiger partial charge in [0, 0.05) is 13.2 Å². The van der Waals surface area contributed by atoms with E-state index in [9.17, 15) is 18.0 Å². The Morgan fingerprint density at radius 3 is 2.76 bits per heavy atom. The lowest BCUT2D eigenvalue weighted by Crippen LogP contribution is -2.21. The van der Waals surface area contributed by atoms with E-state index in [-0.39, 0.29) is 24.8 Å². The van der Waals surface area contributed by atoms with Crippen LogP contribution in [0.25, 0.3) is 0 Å². The molecule has 1 aromatic rings. The highest BCUT2D eigenvalue weighted by Gasteiger charge is 2.34. The van der Waals surface area contributed by atoms with Crippen LogP contribution in [-0.4, -0.2) is 18.6 Å². The SMILES string of the molecule is NCc1ccc(NC(=O)CC2CCCO2)c(C(F)(F)F)c1. The fraction of sp³-hybridized carbons (Fsp3) is 0.500. The quantitative estimate of drug-likeness (QED) is 0.898. The minimum Gasteiger partial charge on any atom is -0.378 e. The average Bonchev–Trinajstić information content (AvgIpc) is 2.90. The molecule has 0 saturated carbocycles. The second kappa shape index (κ2) is 6.44. The highest BCUT2D eigenvalue weighted by molar-refractivity contribution is 5.92. The van der Waals surface area contributed by atoms with E-state index in [1.165, 1.54) is 12.1 Å². The van der Waals surface area contributed by atoms with Gasteiger partial charge < -0.3 is 15.8 Å². The van der Waals surface area contributed by atoms with Crippen molar-refractivity contribution in [3.63, 3.8) is 0 Å². The van der Waals surface area contributed by atoms with Gasteiger partial charge in [-0.2, -0.15) is 13.2 Å². The summed E-state index contributed by atoms with van der Waals surface area (Å²) >= 11 is 0. The summed E-state index contributed by atoms with van der Waals surface area (Å²) in [4.78, 5) is 11.8. The van der Waals surface area contributed by atoms with Gasteiger partial charge in [-0.3, -0.25) is 4.79 Å². The fourth-order valence-corrected chi connectivity index (χ4v) is 2.28. The molecule has 1 amide bonds. The number of carbonyl (C=O) groups is 1. The Balaban J connectivity index is 2.12. The van der Waals surface area contributed by atoms with Crippen LogP contribution >= 0.6 is 0 Å². The summed E-state index contributed by atoms with van der Waals surface area (Å²) < 4.78 is 44.3. The Bertz CT molecular complexity index is 511. The summed E-state index contributed by atoms with van der Waals surface area (Å²) in [5.41, 5.74) is 4.58. The van der Waals surface area contributed by atoms with Gasteiger partial charge in [-0.05, 0) is 30.5 Å². The first-order valence-corrected chi connectivity index (χ1v) is 6.72. The van der Waals surface area contributed by atoms with E-state index in [0.717, 1.165) is 18.9 Å². The van der Waals surface area contributed by atoms with Crippen LogP contribution in [0.3, 0.4) is 0 Å². The third kappa shape index (κ3) is 4.18. The number of hydrogen-bond acceptors (Lipinski definition) is 3. The Morgan fingerprint density at radius 2 is 2.19 bits per heavy atom. The van der Waals surface area contributed by atoms with E-state index in [4.69, 9.17) is 10.5 Å². The third-order valence-electron chi connectivity index (χ3n) is 3.34. The first kappa shape index (κ1) is 15.8. The normalized spacial score (nSPS) is 18.8. The summed E-state index contributed by atoms with van der Waals surface area (Å²) in [5.74, 6) is -0.479. The van der Waals surface area contributed by atoms with Crippen LogP contribution in [0.1, 0.15) is 30.4 Å². The second-order valence-corrected chi connectivity index (χ2v) is 4.97. The molecular weight excluding hydrogens is 285 g/mol. The van der Waals surface area contributed by atoms with Crippen LogP contribution in [-0.2, 0) is 22.3 Å². The lowest BCUT2D eigenvalue weighted by molar-refractivity contribution is -0.137. The Hall–Kier alpha value is -1.60. The van der Waals surface area contributed by atoms with E-state index in [0.29, 0.717) is 12.2 Å². The molecule has 0 radical (unpaired) electrons. The van der Waals surface area contributed by atoms with E-state index in [1.807, 2.05) is 0 Å². The Kier molecular flexibility index (Phi) is 4.84. The number of halogens is 3. The first-order chi connectivity index (χ1) is 9.90. The van der Waals surface area contributed by atoms with Gasteiger partial charge in [0.15, 0.2) is 0 Å². The molecule has 1 fully saturated rings. The minimum atomic E-state index is -4.54. The first-order valence-electron chi connectivity index (χ1n) is 6.72. The number of nitrogens with one attached hydrogen (secondary N) is 1. The van der Waals surface area contributed by atoms with Gasteiger partial charge in [-0.1, -0.05) is 6.07 Å². The molecule has 1 heterocycles. The Labute approximate surface area is 120 Å². The number of nitrogens with two attached hydrogens (primary N) is 1. The zero-order chi connectivity index (χ0) is 15.5. The van der Waals surface area contributed by atoms with Crippen LogP contribution in [0.15, 0.2) is 18.2 Å². The number of amides is 1. The number of carbonyl (C=O) groups excluding carboxylic acids is 1. The lowest BCUT2D eigenvalue weighted by Gasteiger charge is -2.16. The fourth-order valence-electron chi connectivity index (χ4n) is 2.28. The molecule has 2 rings (SSSR count). The Morgan fingerprint density at radius 1 is 1.43 bits per heavy atom. The van der Waals surface area contributed by atoms with Gasteiger partial charge in [0.1, 0.15) is 0 Å². The molecule has 0 spiro atoms. The summed E-state index contributed by atoms with van der Waals surface area (Å²) in [6.07, 6.45) is -3.06. The number of alkyl halides is 3. The van der Waals surface area contributed by atoms with Crippen molar-refractivity contribution >= 4 is 11.6 Å². The van der Waals surface area contributed by atoms with E-state index in [1.54, 1.807) is 0 Å². The number of hydrogen-bond donors (Lipinski definition) is 2. The molecule has 1 atom stereocenters. The molecule has 0 aliphatic carbocycles. The van der Waals surface area contributed by atoms with Crippen molar-refractivity contribution in [2.75, 3.05) is 11.9 Å². The smallest absolute Gasteiger partial charge is 0.378 e. The standard InChI is InChI=1S/C14H17F3N2O2/c15-14(16,17)11-6-9(8-18)3-4-12(11)19-13(20)7-10-2-1-5-21-10/h3-4,6,10H,1-2,5,7-8,18H2,(H,19,20). The predicted molar refractivity (Wildman–Crippen MR) is 71.6 cm³/mol. The maximum atomic E-state index is 13.0. The molecule has 1 unspecified atom stereocenters. The van der Waals surface area contributed by atoms with E-state index in [2.05, 4.69) is 5.32 Å². The van der Waals surface area contributed by atoms with Crippen molar-refractivity contribution in [3.05, 3.63) is 29.3 Å². The molecule has 4 nitrogen and oxygen atoms in total. The molecule has 1 aliphatic rings. The maximum absolute atomic E-state index is 13.0. The van der Waals surface area contributed by atoms with Crippen LogP contribution in [0.4, 0.5) is 18.9 Å². The monoisotopic (exact) mass is 302 g/mol. The van der Waals surface area contributed by atoms with Crippen LogP contribution in [0.2, 0.25) is 0 Å². The average molecular weight is 302 g/mol. The van der Waals surface area contributed by atoms with Gasteiger partial charge >= 0.3 is 6.18 Å². The highest BCUT2D eigenvalue weighted by Crippen LogP contribution is 2.35. The molecular formula is C14H17F3N2O2. The highest BCUT2D eigenvalue weighted by atomic mass is 19.4. The van der Waals surface area contributed by atoms with Gasteiger partial charge in [0.05, 0.1) is 23.8 Å². The van der Waals surface area contributed by atoms with Gasteiger partial charge in [0.2, 0.25) is 5.91 Å². The summed E-state index contributed by atoms with van der Waals surface area (Å²) in [6.45, 7) is 0.601. The van der Waals surface area contributed by atoms with Gasteiger partial charge in [0.25, 0.3) is 0 Å². The molecule has 1 aliphatic heterocycles. The molecule has 0 aromatic heterocycles. The number of ether oxygens (including phenoxy) is 1. The largest absolute Gasteiger partial charge is 0.418 e. The molecule has 21 heavy (non-hydrogen) atoms. The van der Waals surface area contributed by atoms with Crippen molar-refractivity contribution in [2.45, 2.75) is 38.1 Å². The summed E-state index contributed by atoms with van der Waals surface area (Å²) in [5, 5.41) is 2.32. The number of benzene rings is 1. The van der Waals surface area contributed by atoms with Crippen molar-refractivity contribution in [2.24, 2.45) is 5.73 Å². The zero-order valence-corrected chi connectivity index (χ0v) is 11.4. The second-order valence-electron chi connectivity index (χ2n) is 4.97. The van der Waals surface area contributed by atoms with Crippen LogP contribution in [0, 0.1) is 0 Å². The van der Waals surface area contributed by atoms with Crippen molar-refractivity contribution < 1.29 is 22.7 Å². The third-order valence-corrected chi connectivity index (χ3v) is 3.34. The van der Waals surface area contributed by atoms with Crippen LogP contribution < -0.4 is 11.1 Å². The predicted octanol–water partition coefficient (Wildman–Crippen LogP) is 2.67. The molecule has 1 saturated heterocycles. The van der Waals surface area contributed by atoms with Gasteiger partial charge in [-0.25, -0.2) is 0 Å². The molecule has 7 heteroatoms. The minimum absolute atomic E-state index is 0.00716. The molecule has 3 N–H and O–H groups in total. The molecule has 1 aromatic carbocycles. The number of anilines is 1. The summed E-state index contributed by atoms with van der Waals surface area (Å²) in [7, 11) is 0. The number of rotatable bonds is 4. The topological polar surface area (TPSA) is 64.3 Å². The van der Waals surface area contributed by atoms with E-state index < -0.39 is 17.6 Å². The van der Waals surface area contributed by atoms with Crippen molar-refractivity contribution in [3.8, 4) is 0 Å². The van der Waals surface area contributed by atoms with Gasteiger partial charge in [-0.15, -0.1) is 0 Å². The van der Waals surface area contributed by atoms with Crippen LogP contribution in [0.5, 0.6) is 0 Å². The lowest BCUT2D eigenvalue weighted by atomic mass is 10.1. The zero-order valence-electron chi connectivity index (χ0n) is 11.4.